The van der Waals surface area contributed by atoms with Crippen LogP contribution in [0, 0.1) is 90.9 Å². The predicted octanol–water partition coefficient (Wildman–Crippen LogP) is 7.39. The van der Waals surface area contributed by atoms with Crippen LogP contribution in [0.15, 0.2) is 57.7 Å². The van der Waals surface area contributed by atoms with Crippen LogP contribution in [0.3, 0.4) is 0 Å². The standard InChI is InChI=1S/C16H20N2.C15H7F3O4.Eu/c1-9-7-15(17-13(5)11(9)3)16-8-10(2)12(4)14(6)18-16;16-15(17,18)13(20)10-11(19)9-6-5-7-3-1-2-4-8(7)12(9)22-14(10)21;/h7-8H,1-6H3;1-6,19H;. The predicted molar refractivity (Wildman–Crippen MR) is 148 cm³/mol. The molecule has 3 heterocycles. The van der Waals surface area contributed by atoms with E-state index in [4.69, 9.17) is 4.42 Å². The van der Waals surface area contributed by atoms with Crippen molar-refractivity contribution in [3.8, 4) is 17.1 Å². The number of ketones is 1. The number of Topliss-reactive ketones (excluding diaryl/α,β-unsaturated/α-hetero) is 1. The van der Waals surface area contributed by atoms with Crippen LogP contribution in [0.2, 0.25) is 0 Å². The minimum absolute atomic E-state index is 0. The van der Waals surface area contributed by atoms with Crippen LogP contribution >= 0.6 is 0 Å². The molecule has 0 aliphatic heterocycles. The van der Waals surface area contributed by atoms with Gasteiger partial charge in [-0.3, -0.25) is 14.8 Å². The maximum atomic E-state index is 12.5. The van der Waals surface area contributed by atoms with Crippen molar-refractivity contribution in [2.75, 3.05) is 0 Å². The molecular weight excluding hydrogens is 673 g/mol. The fraction of sp³-hybridized carbons (Fsp3) is 0.226. The molecule has 41 heavy (non-hydrogen) atoms. The zero-order valence-corrected chi connectivity index (χ0v) is 25.6. The SMILES string of the molecule is Cc1cc(-c2cc(C)c(C)c(C)n2)nc(C)c1C.O=C(c1c(O)c2ccc3ccccc3c2oc1=O)C(F)(F)F.[Eu]. The van der Waals surface area contributed by atoms with Gasteiger partial charge in [-0.05, 0) is 87.4 Å². The summed E-state index contributed by atoms with van der Waals surface area (Å²) >= 11 is 0. The molecule has 0 aliphatic rings. The second-order valence-electron chi connectivity index (χ2n) is 9.67. The third-order valence-corrected chi connectivity index (χ3v) is 7.07. The number of nitrogens with zero attached hydrogens (tertiary/aromatic N) is 2. The Morgan fingerprint density at radius 1 is 0.805 bits per heavy atom. The van der Waals surface area contributed by atoms with Crippen molar-refractivity contribution in [2.45, 2.75) is 47.7 Å². The molecule has 0 fully saturated rings. The van der Waals surface area contributed by atoms with Crippen LogP contribution in [0.25, 0.3) is 33.1 Å². The smallest absolute Gasteiger partial charge is 0.455 e. The van der Waals surface area contributed by atoms with Crippen molar-refractivity contribution in [1.82, 2.24) is 9.97 Å². The zero-order valence-electron chi connectivity index (χ0n) is 23.2. The van der Waals surface area contributed by atoms with Crippen LogP contribution in [0.5, 0.6) is 5.75 Å². The van der Waals surface area contributed by atoms with Crippen LogP contribution in [-0.4, -0.2) is 27.0 Å². The average molecular weight is 701 g/mol. The van der Waals surface area contributed by atoms with E-state index in [1.165, 1.54) is 28.3 Å². The molecule has 2 aromatic carbocycles. The largest absolute Gasteiger partial charge is 0.506 e. The van der Waals surface area contributed by atoms with Gasteiger partial charge < -0.3 is 9.52 Å². The van der Waals surface area contributed by atoms with E-state index in [-0.39, 0.29) is 60.3 Å². The molecule has 5 aromatic rings. The van der Waals surface area contributed by atoms with Gasteiger partial charge in [0, 0.05) is 66.2 Å². The van der Waals surface area contributed by atoms with E-state index in [2.05, 4.69) is 63.6 Å². The summed E-state index contributed by atoms with van der Waals surface area (Å²) in [5.74, 6) is -3.46. The van der Waals surface area contributed by atoms with Gasteiger partial charge in [0.15, 0.2) is 5.56 Å². The van der Waals surface area contributed by atoms with Crippen molar-refractivity contribution >= 4 is 27.5 Å². The second kappa shape index (κ2) is 12.5. The summed E-state index contributed by atoms with van der Waals surface area (Å²) in [6.07, 6.45) is -5.28. The van der Waals surface area contributed by atoms with Crippen LogP contribution in [-0.2, 0) is 0 Å². The first-order chi connectivity index (χ1) is 18.7. The Morgan fingerprint density at radius 2 is 1.32 bits per heavy atom. The van der Waals surface area contributed by atoms with Crippen molar-refractivity contribution in [3.63, 3.8) is 0 Å². The quantitative estimate of drug-likeness (QED) is 0.117. The van der Waals surface area contributed by atoms with Crippen LogP contribution < -0.4 is 5.63 Å². The molecule has 213 valence electrons. The van der Waals surface area contributed by atoms with Crippen LogP contribution in [0.4, 0.5) is 13.2 Å². The minimum Gasteiger partial charge on any atom is -0.506 e. The average Bonchev–Trinajstić information content (AvgIpc) is 2.89. The summed E-state index contributed by atoms with van der Waals surface area (Å²) in [6, 6.07) is 13.8. The van der Waals surface area contributed by atoms with Gasteiger partial charge >= 0.3 is 11.8 Å². The molecule has 0 aliphatic carbocycles. The number of hydrogen-bond donors (Lipinski definition) is 1. The molecule has 0 saturated heterocycles. The van der Waals surface area contributed by atoms with Crippen LogP contribution in [0.1, 0.15) is 44.0 Å². The van der Waals surface area contributed by atoms with Gasteiger partial charge in [0.25, 0.3) is 5.78 Å². The Morgan fingerprint density at radius 3 is 1.80 bits per heavy atom. The molecule has 0 unspecified atom stereocenters. The molecule has 1 N–H and O–H groups in total. The minimum atomic E-state index is -5.28. The normalized spacial score (nSPS) is 11.1. The van der Waals surface area contributed by atoms with E-state index < -0.39 is 28.9 Å². The number of rotatable bonds is 2. The van der Waals surface area contributed by atoms with Gasteiger partial charge in [0.2, 0.25) is 0 Å². The number of benzene rings is 2. The maximum absolute atomic E-state index is 12.5. The third-order valence-electron chi connectivity index (χ3n) is 7.07. The monoisotopic (exact) mass is 701 g/mol. The van der Waals surface area contributed by atoms with E-state index in [1.54, 1.807) is 30.3 Å². The fourth-order valence-corrected chi connectivity index (χ4v) is 4.31. The summed E-state index contributed by atoms with van der Waals surface area (Å²) in [5.41, 5.74) is 6.19. The number of halogens is 3. The number of aromatic nitrogens is 2. The Kier molecular flexibility index (Phi) is 9.94. The summed E-state index contributed by atoms with van der Waals surface area (Å²) < 4.78 is 42.4. The first kappa shape index (κ1) is 32.6. The number of fused-ring (bicyclic) bond motifs is 3. The van der Waals surface area contributed by atoms with E-state index in [0.717, 1.165) is 22.8 Å². The molecule has 0 saturated carbocycles. The molecule has 10 heteroatoms. The Bertz CT molecular complexity index is 1760. The molecule has 0 atom stereocenters. The number of alkyl halides is 3. The fourth-order valence-electron chi connectivity index (χ4n) is 4.31. The van der Waals surface area contributed by atoms with E-state index in [1.807, 2.05) is 0 Å². The first-order valence-electron chi connectivity index (χ1n) is 12.4. The maximum Gasteiger partial charge on any atom is 0.455 e. The summed E-state index contributed by atoms with van der Waals surface area (Å²) in [7, 11) is 0. The number of pyridine rings is 2. The van der Waals surface area contributed by atoms with Gasteiger partial charge in [-0.1, -0.05) is 30.3 Å². The Labute approximate surface area is 275 Å². The number of carbonyl (C=O) groups is 1. The van der Waals surface area contributed by atoms with Gasteiger partial charge in [-0.25, -0.2) is 4.79 Å². The molecule has 0 bridgehead atoms. The number of aryl methyl sites for hydroxylation is 4. The van der Waals surface area contributed by atoms with E-state index in [9.17, 15) is 27.9 Å². The first-order valence-corrected chi connectivity index (χ1v) is 12.4. The Hall–Kier alpha value is -2.95. The molecule has 5 rings (SSSR count). The molecule has 0 spiro atoms. The zero-order chi connectivity index (χ0) is 29.5. The third kappa shape index (κ3) is 6.60. The molecule has 0 amide bonds. The van der Waals surface area contributed by atoms with Gasteiger partial charge in [-0.2, -0.15) is 13.2 Å². The number of aromatic hydroxyl groups is 1. The summed E-state index contributed by atoms with van der Waals surface area (Å²) in [6.45, 7) is 12.6. The van der Waals surface area contributed by atoms with Crippen molar-refractivity contribution in [2.24, 2.45) is 0 Å². The number of hydrogen-bond acceptors (Lipinski definition) is 6. The molecular formula is C31H27EuF3N2O4. The molecule has 3 aromatic heterocycles. The Balaban J connectivity index is 0.000000225. The van der Waals surface area contributed by atoms with Gasteiger partial charge in [0.05, 0.1) is 16.8 Å². The molecule has 6 nitrogen and oxygen atoms in total. The van der Waals surface area contributed by atoms with Crippen molar-refractivity contribution in [3.05, 3.63) is 98.2 Å². The topological polar surface area (TPSA) is 93.3 Å². The van der Waals surface area contributed by atoms with Gasteiger partial charge in [0.1, 0.15) is 11.3 Å². The van der Waals surface area contributed by atoms with E-state index >= 15 is 0 Å². The molecule has 1 radical (unpaired) electrons. The number of carbonyl (C=O) groups excluding carboxylic acids is 1. The van der Waals surface area contributed by atoms with Crippen molar-refractivity contribution < 1.29 is 76.9 Å². The summed E-state index contributed by atoms with van der Waals surface area (Å²) in [4.78, 5) is 32.3. The summed E-state index contributed by atoms with van der Waals surface area (Å²) in [5, 5.41) is 10.9. The van der Waals surface area contributed by atoms with E-state index in [0.29, 0.717) is 10.8 Å². The second-order valence-corrected chi connectivity index (χ2v) is 9.67. The van der Waals surface area contributed by atoms with Gasteiger partial charge in [-0.15, -0.1) is 0 Å². The van der Waals surface area contributed by atoms with Crippen molar-refractivity contribution in [1.29, 1.82) is 0 Å².